The Morgan fingerprint density at radius 1 is 1.42 bits per heavy atom. The van der Waals surface area contributed by atoms with Gasteiger partial charge < -0.3 is 15.5 Å². The average Bonchev–Trinajstić information content (AvgIpc) is 2.76. The number of aromatic amines is 1. The van der Waals surface area contributed by atoms with E-state index < -0.39 is 6.04 Å². The van der Waals surface area contributed by atoms with E-state index in [1.54, 1.807) is 18.9 Å². The zero-order valence-corrected chi connectivity index (χ0v) is 11.4. The molecule has 1 aliphatic rings. The first-order chi connectivity index (χ1) is 9.06. The van der Waals surface area contributed by atoms with E-state index in [4.69, 9.17) is 0 Å². The smallest absolute Gasteiger partial charge is 0.258 e. The number of aryl methyl sites for hydroxylation is 2. The van der Waals surface area contributed by atoms with E-state index in [1.807, 2.05) is 6.92 Å². The lowest BCUT2D eigenvalue weighted by Crippen LogP contribution is -2.59. The van der Waals surface area contributed by atoms with Gasteiger partial charge >= 0.3 is 0 Å². The van der Waals surface area contributed by atoms with Crippen molar-refractivity contribution in [3.63, 3.8) is 0 Å². The number of likely N-dealkylation sites (N-methyl/N-ethyl adjacent to an activating group) is 1. The van der Waals surface area contributed by atoms with E-state index in [-0.39, 0.29) is 11.8 Å². The predicted octanol–water partition coefficient (Wildman–Crippen LogP) is -0.813. The fourth-order valence-corrected chi connectivity index (χ4v) is 2.36. The number of H-pyrrole nitrogens is 1. The molecule has 2 rings (SSSR count). The van der Waals surface area contributed by atoms with Crippen LogP contribution in [-0.4, -0.2) is 59.6 Å². The van der Waals surface area contributed by atoms with Crippen LogP contribution in [0.1, 0.15) is 21.7 Å². The Morgan fingerprint density at radius 2 is 2.16 bits per heavy atom. The number of nitrogens with zero attached hydrogens (tertiary/aromatic N) is 2. The van der Waals surface area contributed by atoms with Gasteiger partial charge in [-0.25, -0.2) is 0 Å². The highest BCUT2D eigenvalue weighted by molar-refractivity contribution is 5.99. The van der Waals surface area contributed by atoms with Gasteiger partial charge in [-0.3, -0.25) is 14.7 Å². The summed E-state index contributed by atoms with van der Waals surface area (Å²) >= 11 is 0. The summed E-state index contributed by atoms with van der Waals surface area (Å²) in [7, 11) is 1.58. The van der Waals surface area contributed by atoms with Crippen LogP contribution in [0.2, 0.25) is 0 Å². The van der Waals surface area contributed by atoms with Crippen molar-refractivity contribution in [1.82, 2.24) is 25.7 Å². The van der Waals surface area contributed by atoms with Crippen molar-refractivity contribution in [2.45, 2.75) is 19.9 Å². The summed E-state index contributed by atoms with van der Waals surface area (Å²) in [5.74, 6) is -0.293. The lowest BCUT2D eigenvalue weighted by molar-refractivity contribution is -0.125. The Morgan fingerprint density at radius 3 is 2.74 bits per heavy atom. The van der Waals surface area contributed by atoms with Gasteiger partial charge in [0.25, 0.3) is 5.91 Å². The predicted molar refractivity (Wildman–Crippen MR) is 69.8 cm³/mol. The highest BCUT2D eigenvalue weighted by Gasteiger charge is 2.33. The number of carbonyl (C=O) groups is 2. The molecule has 1 saturated heterocycles. The fourth-order valence-electron chi connectivity index (χ4n) is 2.36. The molecule has 19 heavy (non-hydrogen) atoms. The summed E-state index contributed by atoms with van der Waals surface area (Å²) in [6.07, 6.45) is 0. The minimum atomic E-state index is -0.472. The SMILES string of the molecule is CNC(=O)C1CNCCN1C(=O)c1c(C)n[nH]c1C. The molecule has 1 aromatic heterocycles. The number of aromatic nitrogens is 2. The van der Waals surface area contributed by atoms with Crippen LogP contribution in [0.3, 0.4) is 0 Å². The van der Waals surface area contributed by atoms with Crippen molar-refractivity contribution in [2.24, 2.45) is 0 Å². The molecule has 0 saturated carbocycles. The van der Waals surface area contributed by atoms with E-state index in [0.29, 0.717) is 30.9 Å². The first kappa shape index (κ1) is 13.5. The third-order valence-electron chi connectivity index (χ3n) is 3.40. The third kappa shape index (κ3) is 2.46. The van der Waals surface area contributed by atoms with Gasteiger partial charge in [0.05, 0.1) is 11.3 Å². The molecule has 0 aliphatic carbocycles. The number of nitrogens with one attached hydrogen (secondary N) is 3. The van der Waals surface area contributed by atoms with Gasteiger partial charge in [-0.2, -0.15) is 5.10 Å². The molecule has 0 aromatic carbocycles. The Hall–Kier alpha value is -1.89. The van der Waals surface area contributed by atoms with Crippen molar-refractivity contribution >= 4 is 11.8 Å². The molecule has 1 unspecified atom stereocenters. The van der Waals surface area contributed by atoms with Gasteiger partial charge in [0.15, 0.2) is 0 Å². The monoisotopic (exact) mass is 265 g/mol. The molecule has 7 heteroatoms. The molecule has 104 valence electrons. The van der Waals surface area contributed by atoms with Crippen LogP contribution in [0.5, 0.6) is 0 Å². The standard InChI is InChI=1S/C12H19N5O2/c1-7-10(8(2)16-15-7)12(19)17-5-4-14-6-9(17)11(18)13-3/h9,14H,4-6H2,1-3H3,(H,13,18)(H,15,16). The summed E-state index contributed by atoms with van der Waals surface area (Å²) in [6, 6.07) is -0.472. The highest BCUT2D eigenvalue weighted by atomic mass is 16.2. The summed E-state index contributed by atoms with van der Waals surface area (Å²) < 4.78 is 0. The van der Waals surface area contributed by atoms with Crippen LogP contribution < -0.4 is 10.6 Å². The van der Waals surface area contributed by atoms with E-state index in [0.717, 1.165) is 5.69 Å². The summed E-state index contributed by atoms with van der Waals surface area (Å²) in [5.41, 5.74) is 1.96. The Bertz CT molecular complexity index is 477. The van der Waals surface area contributed by atoms with E-state index in [2.05, 4.69) is 20.8 Å². The minimum absolute atomic E-state index is 0.140. The van der Waals surface area contributed by atoms with Crippen LogP contribution in [0.4, 0.5) is 0 Å². The number of carbonyl (C=O) groups excluding carboxylic acids is 2. The zero-order valence-electron chi connectivity index (χ0n) is 11.4. The van der Waals surface area contributed by atoms with Gasteiger partial charge in [-0.1, -0.05) is 0 Å². The van der Waals surface area contributed by atoms with E-state index in [9.17, 15) is 9.59 Å². The van der Waals surface area contributed by atoms with Crippen LogP contribution in [0.25, 0.3) is 0 Å². The fraction of sp³-hybridized carbons (Fsp3) is 0.583. The second-order valence-corrected chi connectivity index (χ2v) is 4.64. The minimum Gasteiger partial charge on any atom is -0.357 e. The second kappa shape index (κ2) is 5.40. The van der Waals surface area contributed by atoms with Crippen LogP contribution >= 0.6 is 0 Å². The first-order valence-corrected chi connectivity index (χ1v) is 6.31. The molecule has 0 bridgehead atoms. The average molecular weight is 265 g/mol. The number of hydrogen-bond donors (Lipinski definition) is 3. The Labute approximate surface area is 111 Å². The highest BCUT2D eigenvalue weighted by Crippen LogP contribution is 2.16. The molecule has 7 nitrogen and oxygen atoms in total. The summed E-state index contributed by atoms with van der Waals surface area (Å²) in [5, 5.41) is 12.6. The Balaban J connectivity index is 2.28. The lowest BCUT2D eigenvalue weighted by Gasteiger charge is -2.35. The van der Waals surface area contributed by atoms with E-state index >= 15 is 0 Å². The summed E-state index contributed by atoms with van der Waals surface area (Å²) in [4.78, 5) is 26.1. The molecule has 2 amide bonds. The van der Waals surface area contributed by atoms with Crippen molar-refractivity contribution in [3.05, 3.63) is 17.0 Å². The van der Waals surface area contributed by atoms with Gasteiger partial charge in [-0.15, -0.1) is 0 Å². The largest absolute Gasteiger partial charge is 0.357 e. The molecule has 1 aromatic rings. The maximum atomic E-state index is 12.6. The summed E-state index contributed by atoms with van der Waals surface area (Å²) in [6.45, 7) is 5.27. The third-order valence-corrected chi connectivity index (χ3v) is 3.40. The zero-order chi connectivity index (χ0) is 14.0. The van der Waals surface area contributed by atoms with Gasteiger partial charge in [0.1, 0.15) is 6.04 Å². The lowest BCUT2D eigenvalue weighted by atomic mass is 10.1. The number of rotatable bonds is 2. The van der Waals surface area contributed by atoms with Crippen LogP contribution in [0.15, 0.2) is 0 Å². The van der Waals surface area contributed by atoms with Crippen molar-refractivity contribution in [3.8, 4) is 0 Å². The quantitative estimate of drug-likeness (QED) is 0.652. The van der Waals surface area contributed by atoms with Gasteiger partial charge in [-0.05, 0) is 13.8 Å². The molecule has 3 N–H and O–H groups in total. The van der Waals surface area contributed by atoms with Crippen LogP contribution in [-0.2, 0) is 4.79 Å². The van der Waals surface area contributed by atoms with Crippen molar-refractivity contribution in [2.75, 3.05) is 26.7 Å². The number of amides is 2. The molecule has 0 spiro atoms. The number of piperazine rings is 1. The molecule has 1 atom stereocenters. The molecule has 0 radical (unpaired) electrons. The molecule has 1 fully saturated rings. The second-order valence-electron chi connectivity index (χ2n) is 4.64. The van der Waals surface area contributed by atoms with Crippen molar-refractivity contribution < 1.29 is 9.59 Å². The van der Waals surface area contributed by atoms with Gasteiger partial charge in [0.2, 0.25) is 5.91 Å². The maximum Gasteiger partial charge on any atom is 0.258 e. The van der Waals surface area contributed by atoms with Crippen LogP contribution in [0, 0.1) is 13.8 Å². The van der Waals surface area contributed by atoms with Crippen molar-refractivity contribution in [1.29, 1.82) is 0 Å². The van der Waals surface area contributed by atoms with Gasteiger partial charge in [0, 0.05) is 32.4 Å². The number of hydrogen-bond acceptors (Lipinski definition) is 4. The normalized spacial score (nSPS) is 19.3. The van der Waals surface area contributed by atoms with E-state index in [1.165, 1.54) is 0 Å². The Kier molecular flexibility index (Phi) is 3.84. The maximum absolute atomic E-state index is 12.6. The molecule has 2 heterocycles. The topological polar surface area (TPSA) is 90.1 Å². The first-order valence-electron chi connectivity index (χ1n) is 6.31. The molecular formula is C12H19N5O2. The molecule has 1 aliphatic heterocycles. The molecular weight excluding hydrogens is 246 g/mol.